The van der Waals surface area contributed by atoms with Crippen molar-refractivity contribution in [3.63, 3.8) is 0 Å². The predicted octanol–water partition coefficient (Wildman–Crippen LogP) is 3.36. The number of benzene rings is 1. The molecule has 106 valence electrons. The summed E-state index contributed by atoms with van der Waals surface area (Å²) in [7, 11) is 0. The van der Waals surface area contributed by atoms with Crippen molar-refractivity contribution in [3.05, 3.63) is 52.9 Å². The van der Waals surface area contributed by atoms with Gasteiger partial charge < -0.3 is 16.0 Å². The fraction of sp³-hybridized carbons (Fsp3) is 0.0667. The van der Waals surface area contributed by atoms with Crippen LogP contribution in [0.15, 0.2) is 36.7 Å². The van der Waals surface area contributed by atoms with E-state index in [0.29, 0.717) is 16.9 Å². The molecule has 0 spiro atoms. The Kier molecular flexibility index (Phi) is 3.27. The smallest absolute Gasteiger partial charge is 0.257 e. The van der Waals surface area contributed by atoms with Crippen LogP contribution in [0.25, 0.3) is 10.9 Å². The van der Waals surface area contributed by atoms with Crippen LogP contribution in [0.5, 0.6) is 0 Å². The van der Waals surface area contributed by atoms with Gasteiger partial charge in [-0.3, -0.25) is 4.79 Å². The maximum atomic E-state index is 12.4. The lowest BCUT2D eigenvalue weighted by molar-refractivity contribution is 0.102. The number of fused-ring (bicyclic) bond motifs is 1. The number of aryl methyl sites for hydroxylation is 1. The molecular weight excluding hydrogens is 288 g/mol. The van der Waals surface area contributed by atoms with Crippen molar-refractivity contribution >= 4 is 39.8 Å². The monoisotopic (exact) mass is 300 g/mol. The lowest BCUT2D eigenvalue weighted by Gasteiger charge is -2.07. The largest absolute Gasteiger partial charge is 0.399 e. The predicted molar refractivity (Wildman–Crippen MR) is 84.6 cm³/mol. The van der Waals surface area contributed by atoms with Gasteiger partial charge >= 0.3 is 0 Å². The highest BCUT2D eigenvalue weighted by Gasteiger charge is 2.14. The Hall–Kier alpha value is -2.53. The van der Waals surface area contributed by atoms with Crippen molar-refractivity contribution in [1.29, 1.82) is 0 Å². The molecule has 0 aliphatic rings. The molecule has 0 saturated carbocycles. The molecule has 0 radical (unpaired) electrons. The van der Waals surface area contributed by atoms with Crippen molar-refractivity contribution in [1.82, 2.24) is 9.97 Å². The van der Waals surface area contributed by atoms with Gasteiger partial charge in [-0.2, -0.15) is 0 Å². The Labute approximate surface area is 126 Å². The summed E-state index contributed by atoms with van der Waals surface area (Å²) in [6, 6.07) is 7.15. The summed E-state index contributed by atoms with van der Waals surface area (Å²) in [4.78, 5) is 19.5. The molecule has 0 atom stereocenters. The van der Waals surface area contributed by atoms with Crippen LogP contribution < -0.4 is 11.1 Å². The SMILES string of the molecule is Cc1cnc(Cl)c(NC(=O)c2c[nH]c3ccc(N)cc23)c1. The summed E-state index contributed by atoms with van der Waals surface area (Å²) in [6.45, 7) is 1.88. The number of nitrogens with two attached hydrogens (primary N) is 1. The minimum Gasteiger partial charge on any atom is -0.399 e. The fourth-order valence-electron chi connectivity index (χ4n) is 2.16. The second-order valence-electron chi connectivity index (χ2n) is 4.81. The van der Waals surface area contributed by atoms with Crippen LogP contribution in [0, 0.1) is 6.92 Å². The number of rotatable bonds is 2. The van der Waals surface area contributed by atoms with Gasteiger partial charge in [-0.05, 0) is 36.8 Å². The van der Waals surface area contributed by atoms with Crippen LogP contribution in [0.1, 0.15) is 15.9 Å². The first kappa shape index (κ1) is 13.5. The van der Waals surface area contributed by atoms with Crippen molar-refractivity contribution in [2.45, 2.75) is 6.92 Å². The number of H-pyrrole nitrogens is 1. The fourth-order valence-corrected chi connectivity index (χ4v) is 2.31. The first-order valence-electron chi connectivity index (χ1n) is 6.34. The molecule has 2 heterocycles. The third kappa shape index (κ3) is 2.55. The van der Waals surface area contributed by atoms with Gasteiger partial charge in [0, 0.05) is 29.0 Å². The molecular formula is C15H13ClN4O. The molecule has 0 fully saturated rings. The highest BCUT2D eigenvalue weighted by atomic mass is 35.5. The van der Waals surface area contributed by atoms with Gasteiger partial charge in [-0.1, -0.05) is 11.6 Å². The molecule has 3 rings (SSSR count). The van der Waals surface area contributed by atoms with Crippen molar-refractivity contribution < 1.29 is 4.79 Å². The van der Waals surface area contributed by atoms with Crippen molar-refractivity contribution in [2.75, 3.05) is 11.1 Å². The summed E-state index contributed by atoms with van der Waals surface area (Å²) in [5.41, 5.74) is 9.13. The highest BCUT2D eigenvalue weighted by molar-refractivity contribution is 6.32. The van der Waals surface area contributed by atoms with Crippen LogP contribution >= 0.6 is 11.6 Å². The lowest BCUT2D eigenvalue weighted by atomic mass is 10.1. The first-order valence-corrected chi connectivity index (χ1v) is 6.72. The molecule has 0 aliphatic carbocycles. The molecule has 6 heteroatoms. The van der Waals surface area contributed by atoms with Crippen LogP contribution in [-0.4, -0.2) is 15.9 Å². The minimum atomic E-state index is -0.263. The summed E-state index contributed by atoms with van der Waals surface area (Å²) in [5, 5.41) is 3.80. The van der Waals surface area contributed by atoms with Gasteiger partial charge in [-0.15, -0.1) is 0 Å². The standard InChI is InChI=1S/C15H13ClN4O/c1-8-4-13(14(16)19-6-8)20-15(21)11-7-18-12-3-2-9(17)5-10(11)12/h2-7,18H,17H2,1H3,(H,20,21). The maximum Gasteiger partial charge on any atom is 0.257 e. The molecule has 0 unspecified atom stereocenters. The summed E-state index contributed by atoms with van der Waals surface area (Å²) in [6.07, 6.45) is 3.29. The number of carbonyl (C=O) groups excluding carboxylic acids is 1. The zero-order valence-electron chi connectivity index (χ0n) is 11.3. The van der Waals surface area contributed by atoms with Crippen molar-refractivity contribution in [3.8, 4) is 0 Å². The number of nitrogens with zero attached hydrogens (tertiary/aromatic N) is 1. The molecule has 21 heavy (non-hydrogen) atoms. The number of anilines is 2. The molecule has 2 aromatic heterocycles. The van der Waals surface area contributed by atoms with E-state index < -0.39 is 0 Å². The van der Waals surface area contributed by atoms with E-state index in [1.807, 2.05) is 13.0 Å². The summed E-state index contributed by atoms with van der Waals surface area (Å²) >= 11 is 5.99. The van der Waals surface area contributed by atoms with Gasteiger partial charge in [0.25, 0.3) is 5.91 Å². The number of nitrogens with one attached hydrogen (secondary N) is 2. The van der Waals surface area contributed by atoms with Gasteiger partial charge in [0.1, 0.15) is 0 Å². The highest BCUT2D eigenvalue weighted by Crippen LogP contribution is 2.24. The van der Waals surface area contributed by atoms with Gasteiger partial charge in [-0.25, -0.2) is 4.98 Å². The molecule has 5 nitrogen and oxygen atoms in total. The molecule has 0 bridgehead atoms. The van der Waals surface area contributed by atoms with Crippen molar-refractivity contribution in [2.24, 2.45) is 0 Å². The summed E-state index contributed by atoms with van der Waals surface area (Å²) in [5.74, 6) is -0.263. The average molecular weight is 301 g/mol. The number of aromatic amines is 1. The Bertz CT molecular complexity index is 841. The Morgan fingerprint density at radius 3 is 3.00 bits per heavy atom. The number of amides is 1. The van der Waals surface area contributed by atoms with E-state index in [9.17, 15) is 4.79 Å². The second-order valence-corrected chi connectivity index (χ2v) is 5.17. The van der Waals surface area contributed by atoms with Crippen LogP contribution in [0.3, 0.4) is 0 Å². The minimum absolute atomic E-state index is 0.258. The number of nitrogen functional groups attached to an aromatic ring is 1. The molecule has 0 aliphatic heterocycles. The maximum absolute atomic E-state index is 12.4. The number of halogens is 1. The third-order valence-corrected chi connectivity index (χ3v) is 3.48. The number of carbonyl (C=O) groups is 1. The van der Waals surface area contributed by atoms with E-state index in [-0.39, 0.29) is 11.1 Å². The van der Waals surface area contributed by atoms with E-state index in [2.05, 4.69) is 15.3 Å². The average Bonchev–Trinajstić information content (AvgIpc) is 2.85. The zero-order valence-corrected chi connectivity index (χ0v) is 12.0. The van der Waals surface area contributed by atoms with Crippen LogP contribution in [0.4, 0.5) is 11.4 Å². The number of hydrogen-bond donors (Lipinski definition) is 3. The third-order valence-electron chi connectivity index (χ3n) is 3.17. The normalized spacial score (nSPS) is 10.8. The summed E-state index contributed by atoms with van der Waals surface area (Å²) < 4.78 is 0. The molecule has 1 amide bonds. The number of hydrogen-bond acceptors (Lipinski definition) is 3. The number of aromatic nitrogens is 2. The molecule has 3 aromatic rings. The van der Waals surface area contributed by atoms with Gasteiger partial charge in [0.05, 0.1) is 11.3 Å². The molecule has 0 saturated heterocycles. The van der Waals surface area contributed by atoms with Gasteiger partial charge in [0.2, 0.25) is 0 Å². The lowest BCUT2D eigenvalue weighted by Crippen LogP contribution is -2.12. The number of pyridine rings is 1. The zero-order chi connectivity index (χ0) is 15.0. The van der Waals surface area contributed by atoms with E-state index >= 15 is 0 Å². The van der Waals surface area contributed by atoms with Gasteiger partial charge in [0.15, 0.2) is 5.15 Å². The van der Waals surface area contributed by atoms with E-state index in [0.717, 1.165) is 16.5 Å². The first-order chi connectivity index (χ1) is 10.0. The molecule has 1 aromatic carbocycles. The van der Waals surface area contributed by atoms with Crippen LogP contribution in [0.2, 0.25) is 5.15 Å². The van der Waals surface area contributed by atoms with Crippen LogP contribution in [-0.2, 0) is 0 Å². The quantitative estimate of drug-likeness (QED) is 0.501. The Morgan fingerprint density at radius 1 is 1.38 bits per heavy atom. The van der Waals surface area contributed by atoms with E-state index in [1.165, 1.54) is 0 Å². The van der Waals surface area contributed by atoms with E-state index in [1.54, 1.807) is 30.6 Å². The Balaban J connectivity index is 1.97. The topological polar surface area (TPSA) is 83.8 Å². The second kappa shape index (κ2) is 5.10. The Morgan fingerprint density at radius 2 is 2.19 bits per heavy atom. The van der Waals surface area contributed by atoms with E-state index in [4.69, 9.17) is 17.3 Å². The molecule has 4 N–H and O–H groups in total.